The van der Waals surface area contributed by atoms with Gasteiger partial charge in [0, 0.05) is 32.6 Å². The third-order valence-corrected chi connectivity index (χ3v) is 6.62. The smallest absolute Gasteiger partial charge is 0.371 e. The molecule has 1 N–H and O–H groups in total. The molecule has 0 bridgehead atoms. The Morgan fingerprint density at radius 2 is 1.96 bits per heavy atom. The maximum absolute atomic E-state index is 12.6. The molecule has 1 aliphatic rings. The molecule has 8 nitrogen and oxygen atoms in total. The third-order valence-electron chi connectivity index (χ3n) is 4.85. The Hall–Kier alpha value is -1.87. The van der Waals surface area contributed by atoms with E-state index in [4.69, 9.17) is 9.52 Å². The number of furan rings is 1. The van der Waals surface area contributed by atoms with Gasteiger partial charge >= 0.3 is 5.97 Å². The van der Waals surface area contributed by atoms with Crippen molar-refractivity contribution in [2.75, 3.05) is 26.7 Å². The number of carbonyl (C=O) groups excluding carboxylic acids is 1. The van der Waals surface area contributed by atoms with Crippen molar-refractivity contribution in [1.82, 2.24) is 9.21 Å². The zero-order chi connectivity index (χ0) is 19.5. The summed E-state index contributed by atoms with van der Waals surface area (Å²) in [7, 11) is -2.10. The van der Waals surface area contributed by atoms with Gasteiger partial charge in [-0.05, 0) is 30.9 Å². The maximum atomic E-state index is 12.6. The highest BCUT2D eigenvalue weighted by Crippen LogP contribution is 2.26. The fraction of sp³-hybridized carbons (Fsp3) is 0.647. The standard InChI is InChI=1S/C17H26N2O6S/c1-4-12(2)11-18(3)16(20)13-7-9-19(10-8-13)26(23,24)15-6-5-14(25-15)17(21)22/h5-6,12-13H,4,7-11H2,1-3H3,(H,21,22). The Morgan fingerprint density at radius 1 is 1.35 bits per heavy atom. The van der Waals surface area contributed by atoms with Crippen molar-refractivity contribution in [2.45, 2.75) is 38.2 Å². The first-order valence-electron chi connectivity index (χ1n) is 8.75. The Bertz CT molecular complexity index is 749. The lowest BCUT2D eigenvalue weighted by Crippen LogP contribution is -2.44. The van der Waals surface area contributed by atoms with Crippen LogP contribution in [-0.2, 0) is 14.8 Å². The zero-order valence-electron chi connectivity index (χ0n) is 15.3. The number of amides is 1. The highest BCUT2D eigenvalue weighted by molar-refractivity contribution is 7.89. The Morgan fingerprint density at radius 3 is 2.46 bits per heavy atom. The van der Waals surface area contributed by atoms with E-state index in [2.05, 4.69) is 13.8 Å². The number of sulfonamides is 1. The van der Waals surface area contributed by atoms with Crippen LogP contribution in [0, 0.1) is 11.8 Å². The number of aromatic carboxylic acids is 1. The second-order valence-corrected chi connectivity index (χ2v) is 8.70. The van der Waals surface area contributed by atoms with Crippen LogP contribution in [0.5, 0.6) is 0 Å². The van der Waals surface area contributed by atoms with E-state index in [0.29, 0.717) is 25.3 Å². The number of hydrogen-bond acceptors (Lipinski definition) is 5. The summed E-state index contributed by atoms with van der Waals surface area (Å²) in [6, 6.07) is 2.27. The van der Waals surface area contributed by atoms with Crippen LogP contribution in [0.1, 0.15) is 43.7 Å². The van der Waals surface area contributed by atoms with E-state index in [1.54, 1.807) is 11.9 Å². The third kappa shape index (κ3) is 4.45. The summed E-state index contributed by atoms with van der Waals surface area (Å²) in [6.45, 7) is 5.28. The lowest BCUT2D eigenvalue weighted by molar-refractivity contribution is -0.135. The minimum Gasteiger partial charge on any atom is -0.475 e. The summed E-state index contributed by atoms with van der Waals surface area (Å²) in [5.74, 6) is -1.46. The van der Waals surface area contributed by atoms with E-state index in [9.17, 15) is 18.0 Å². The van der Waals surface area contributed by atoms with Gasteiger partial charge in [0.25, 0.3) is 10.0 Å². The highest BCUT2D eigenvalue weighted by atomic mass is 32.2. The van der Waals surface area contributed by atoms with Gasteiger partial charge < -0.3 is 14.4 Å². The number of hydrogen-bond donors (Lipinski definition) is 1. The van der Waals surface area contributed by atoms with Gasteiger partial charge in [0.2, 0.25) is 16.8 Å². The van der Waals surface area contributed by atoms with Crippen LogP contribution in [-0.4, -0.2) is 61.3 Å². The van der Waals surface area contributed by atoms with Gasteiger partial charge in [0.1, 0.15) is 0 Å². The van der Waals surface area contributed by atoms with Gasteiger partial charge in [0.05, 0.1) is 0 Å². The number of carboxylic acid groups (broad SMARTS) is 1. The van der Waals surface area contributed by atoms with E-state index < -0.39 is 21.8 Å². The van der Waals surface area contributed by atoms with Crippen molar-refractivity contribution in [3.63, 3.8) is 0 Å². The molecule has 9 heteroatoms. The molecule has 0 spiro atoms. The van der Waals surface area contributed by atoms with Gasteiger partial charge in [0.15, 0.2) is 0 Å². The fourth-order valence-corrected chi connectivity index (χ4v) is 4.42. The molecule has 0 aromatic carbocycles. The first kappa shape index (κ1) is 20.4. The molecule has 26 heavy (non-hydrogen) atoms. The van der Waals surface area contributed by atoms with Gasteiger partial charge in [-0.15, -0.1) is 0 Å². The second-order valence-electron chi connectivity index (χ2n) is 6.83. The highest BCUT2D eigenvalue weighted by Gasteiger charge is 2.35. The van der Waals surface area contributed by atoms with Gasteiger partial charge in [-0.2, -0.15) is 4.31 Å². The van der Waals surface area contributed by atoms with Crippen LogP contribution in [0.3, 0.4) is 0 Å². The predicted octanol–water partition coefficient (Wildman–Crippen LogP) is 1.88. The SMILES string of the molecule is CCC(C)CN(C)C(=O)C1CCN(S(=O)(=O)c2ccc(C(=O)O)o2)CC1. The van der Waals surface area contributed by atoms with E-state index in [0.717, 1.165) is 18.6 Å². The number of piperidine rings is 1. The van der Waals surface area contributed by atoms with Crippen LogP contribution < -0.4 is 0 Å². The molecule has 1 unspecified atom stereocenters. The zero-order valence-corrected chi connectivity index (χ0v) is 16.2. The minimum atomic E-state index is -3.89. The van der Waals surface area contributed by atoms with Crippen molar-refractivity contribution >= 4 is 21.9 Å². The Labute approximate surface area is 153 Å². The topological polar surface area (TPSA) is 108 Å². The average molecular weight is 386 g/mol. The number of nitrogens with zero attached hydrogens (tertiary/aromatic N) is 2. The first-order valence-corrected chi connectivity index (χ1v) is 10.2. The molecule has 1 amide bonds. The Kier molecular flexibility index (Phi) is 6.46. The van der Waals surface area contributed by atoms with E-state index in [1.807, 2.05) is 0 Å². The molecule has 1 aliphatic heterocycles. The average Bonchev–Trinajstić information content (AvgIpc) is 3.12. The van der Waals surface area contributed by atoms with Gasteiger partial charge in [-0.1, -0.05) is 20.3 Å². The van der Waals surface area contributed by atoms with Crippen molar-refractivity contribution < 1.29 is 27.5 Å². The summed E-state index contributed by atoms with van der Waals surface area (Å²) < 4.78 is 31.3. The first-order chi connectivity index (χ1) is 12.2. The van der Waals surface area contributed by atoms with Crippen molar-refractivity contribution in [2.24, 2.45) is 11.8 Å². The van der Waals surface area contributed by atoms with E-state index in [1.165, 1.54) is 4.31 Å². The van der Waals surface area contributed by atoms with Crippen LogP contribution in [0.2, 0.25) is 0 Å². The molecule has 1 atom stereocenters. The number of rotatable bonds is 7. The molecule has 2 rings (SSSR count). The number of carboxylic acids is 1. The van der Waals surface area contributed by atoms with Gasteiger partial charge in [-0.3, -0.25) is 4.79 Å². The van der Waals surface area contributed by atoms with Gasteiger partial charge in [-0.25, -0.2) is 13.2 Å². The molecule has 0 aliphatic carbocycles. The van der Waals surface area contributed by atoms with Crippen LogP contribution in [0.4, 0.5) is 0 Å². The quantitative estimate of drug-likeness (QED) is 0.766. The van der Waals surface area contributed by atoms with Crippen LogP contribution in [0.25, 0.3) is 0 Å². The normalized spacial score (nSPS) is 17.8. The second kappa shape index (κ2) is 8.22. The van der Waals surface area contributed by atoms with Crippen molar-refractivity contribution in [1.29, 1.82) is 0 Å². The van der Waals surface area contributed by atoms with Crippen LogP contribution in [0.15, 0.2) is 21.6 Å². The molecule has 1 aromatic rings. The molecule has 146 valence electrons. The summed E-state index contributed by atoms with van der Waals surface area (Å²) in [5.41, 5.74) is 0. The lowest BCUT2D eigenvalue weighted by Gasteiger charge is -2.32. The van der Waals surface area contributed by atoms with E-state index in [-0.39, 0.29) is 30.0 Å². The Balaban J connectivity index is 1.98. The monoisotopic (exact) mass is 386 g/mol. The van der Waals surface area contributed by atoms with Crippen molar-refractivity contribution in [3.05, 3.63) is 17.9 Å². The predicted molar refractivity (Wildman–Crippen MR) is 94.2 cm³/mol. The number of carbonyl (C=O) groups is 2. The molecular weight excluding hydrogens is 360 g/mol. The summed E-state index contributed by atoms with van der Waals surface area (Å²) in [6.07, 6.45) is 1.88. The summed E-state index contributed by atoms with van der Waals surface area (Å²) in [4.78, 5) is 25.1. The lowest BCUT2D eigenvalue weighted by atomic mass is 9.96. The molecule has 0 radical (unpaired) electrons. The minimum absolute atomic E-state index is 0.0495. The van der Waals surface area contributed by atoms with E-state index >= 15 is 0 Å². The molecular formula is C17H26N2O6S. The molecule has 1 fully saturated rings. The summed E-state index contributed by atoms with van der Waals surface area (Å²) in [5, 5.41) is 8.48. The van der Waals surface area contributed by atoms with Crippen LogP contribution >= 0.6 is 0 Å². The molecule has 0 saturated carbocycles. The molecule has 2 heterocycles. The largest absolute Gasteiger partial charge is 0.475 e. The fourth-order valence-electron chi connectivity index (χ4n) is 3.04. The van der Waals surface area contributed by atoms with Crippen molar-refractivity contribution in [3.8, 4) is 0 Å². The molecule has 1 aromatic heterocycles. The maximum Gasteiger partial charge on any atom is 0.371 e. The molecule has 1 saturated heterocycles. The summed E-state index contributed by atoms with van der Waals surface area (Å²) >= 11 is 0.